The van der Waals surface area contributed by atoms with Crippen LogP contribution < -0.4 is 16.0 Å². The van der Waals surface area contributed by atoms with Crippen molar-refractivity contribution in [3.8, 4) is 0 Å². The maximum absolute atomic E-state index is 12.2. The van der Waals surface area contributed by atoms with Gasteiger partial charge >= 0.3 is 0 Å². The standard InChI is InChI=1S/C15H25N3O2/c1-18(2)14-8-7-12(16)11-13(14)15(19)17-9-5-4-6-10-20-3/h7-8,11H,4-6,9-10,16H2,1-3H3,(H,17,19). The van der Waals surface area contributed by atoms with E-state index in [0.717, 1.165) is 31.6 Å². The molecule has 5 nitrogen and oxygen atoms in total. The first-order valence-corrected chi connectivity index (χ1v) is 6.90. The minimum Gasteiger partial charge on any atom is -0.399 e. The topological polar surface area (TPSA) is 67.6 Å². The second-order valence-corrected chi connectivity index (χ2v) is 4.98. The van der Waals surface area contributed by atoms with Crippen molar-refractivity contribution in [1.82, 2.24) is 5.32 Å². The summed E-state index contributed by atoms with van der Waals surface area (Å²) in [6.45, 7) is 1.44. The molecule has 112 valence electrons. The van der Waals surface area contributed by atoms with Gasteiger partial charge < -0.3 is 20.7 Å². The Labute approximate surface area is 121 Å². The summed E-state index contributed by atoms with van der Waals surface area (Å²) >= 11 is 0. The molecule has 0 aromatic heterocycles. The number of ether oxygens (including phenoxy) is 1. The minimum absolute atomic E-state index is 0.0762. The third kappa shape index (κ3) is 5.09. The number of carbonyl (C=O) groups is 1. The number of hydrogen-bond donors (Lipinski definition) is 2. The molecule has 0 aliphatic heterocycles. The van der Waals surface area contributed by atoms with E-state index >= 15 is 0 Å². The predicted molar refractivity (Wildman–Crippen MR) is 83.2 cm³/mol. The van der Waals surface area contributed by atoms with Crippen LogP contribution in [0, 0.1) is 0 Å². The van der Waals surface area contributed by atoms with Crippen LogP contribution in [0.3, 0.4) is 0 Å². The largest absolute Gasteiger partial charge is 0.399 e. The van der Waals surface area contributed by atoms with Gasteiger partial charge in [-0.05, 0) is 37.5 Å². The van der Waals surface area contributed by atoms with Gasteiger partial charge in [0, 0.05) is 45.7 Å². The van der Waals surface area contributed by atoms with Gasteiger partial charge in [-0.3, -0.25) is 4.79 Å². The Bertz CT molecular complexity index is 433. The van der Waals surface area contributed by atoms with E-state index < -0.39 is 0 Å². The van der Waals surface area contributed by atoms with E-state index in [1.54, 1.807) is 19.2 Å². The molecule has 20 heavy (non-hydrogen) atoms. The molecule has 0 aliphatic rings. The summed E-state index contributed by atoms with van der Waals surface area (Å²) in [5.74, 6) is -0.0762. The van der Waals surface area contributed by atoms with Crippen molar-refractivity contribution in [2.75, 3.05) is 45.0 Å². The molecule has 1 amide bonds. The summed E-state index contributed by atoms with van der Waals surface area (Å²) in [6, 6.07) is 5.38. The average molecular weight is 279 g/mol. The van der Waals surface area contributed by atoms with Gasteiger partial charge in [-0.1, -0.05) is 0 Å². The Balaban J connectivity index is 2.52. The lowest BCUT2D eigenvalue weighted by Crippen LogP contribution is -2.26. The molecular formula is C15H25N3O2. The van der Waals surface area contributed by atoms with Crippen molar-refractivity contribution in [3.63, 3.8) is 0 Å². The van der Waals surface area contributed by atoms with Crippen LogP contribution in [0.1, 0.15) is 29.6 Å². The second kappa shape index (κ2) is 8.43. The summed E-state index contributed by atoms with van der Waals surface area (Å²) in [6.07, 6.45) is 3.02. The first-order chi connectivity index (χ1) is 9.56. The zero-order valence-corrected chi connectivity index (χ0v) is 12.6. The maximum Gasteiger partial charge on any atom is 0.253 e. The van der Waals surface area contributed by atoms with Gasteiger partial charge in [0.15, 0.2) is 0 Å². The molecule has 0 fully saturated rings. The molecule has 0 unspecified atom stereocenters. The number of nitrogens with one attached hydrogen (secondary N) is 1. The molecule has 5 heteroatoms. The molecule has 1 aromatic rings. The van der Waals surface area contributed by atoms with Crippen LogP contribution in [0.25, 0.3) is 0 Å². The van der Waals surface area contributed by atoms with Crippen LogP contribution >= 0.6 is 0 Å². The molecule has 1 rings (SSSR count). The summed E-state index contributed by atoms with van der Waals surface area (Å²) in [7, 11) is 5.52. The third-order valence-electron chi connectivity index (χ3n) is 3.06. The molecule has 0 bridgehead atoms. The van der Waals surface area contributed by atoms with E-state index in [2.05, 4.69) is 5.32 Å². The fourth-order valence-electron chi connectivity index (χ4n) is 1.97. The van der Waals surface area contributed by atoms with Crippen molar-refractivity contribution >= 4 is 17.3 Å². The quantitative estimate of drug-likeness (QED) is 0.563. The average Bonchev–Trinajstić information content (AvgIpc) is 2.42. The van der Waals surface area contributed by atoms with Gasteiger partial charge in [0.05, 0.1) is 5.56 Å². The molecule has 0 atom stereocenters. The number of unbranched alkanes of at least 4 members (excludes halogenated alkanes) is 2. The fourth-order valence-corrected chi connectivity index (χ4v) is 1.97. The number of amides is 1. The van der Waals surface area contributed by atoms with Gasteiger partial charge in [0.1, 0.15) is 0 Å². The van der Waals surface area contributed by atoms with Crippen LogP contribution in [0.15, 0.2) is 18.2 Å². The van der Waals surface area contributed by atoms with Crippen LogP contribution in [0.4, 0.5) is 11.4 Å². The van der Waals surface area contributed by atoms with Crippen LogP contribution in [0.5, 0.6) is 0 Å². The van der Waals surface area contributed by atoms with E-state index in [1.807, 2.05) is 25.1 Å². The Morgan fingerprint density at radius 2 is 2.05 bits per heavy atom. The number of benzene rings is 1. The van der Waals surface area contributed by atoms with Crippen molar-refractivity contribution in [1.29, 1.82) is 0 Å². The third-order valence-corrected chi connectivity index (χ3v) is 3.06. The van der Waals surface area contributed by atoms with Crippen LogP contribution in [-0.4, -0.2) is 40.3 Å². The minimum atomic E-state index is -0.0762. The maximum atomic E-state index is 12.2. The Kier molecular flexibility index (Phi) is 6.87. The van der Waals surface area contributed by atoms with E-state index in [9.17, 15) is 4.79 Å². The fraction of sp³-hybridized carbons (Fsp3) is 0.533. The lowest BCUT2D eigenvalue weighted by atomic mass is 10.1. The molecule has 0 spiro atoms. The van der Waals surface area contributed by atoms with Gasteiger partial charge in [0.25, 0.3) is 5.91 Å². The Morgan fingerprint density at radius 3 is 2.70 bits per heavy atom. The van der Waals surface area contributed by atoms with E-state index in [-0.39, 0.29) is 5.91 Å². The van der Waals surface area contributed by atoms with Crippen LogP contribution in [0.2, 0.25) is 0 Å². The molecule has 3 N–H and O–H groups in total. The zero-order chi connectivity index (χ0) is 15.0. The summed E-state index contributed by atoms with van der Waals surface area (Å²) < 4.78 is 4.99. The summed E-state index contributed by atoms with van der Waals surface area (Å²) in [4.78, 5) is 14.1. The first kappa shape index (κ1) is 16.3. The smallest absolute Gasteiger partial charge is 0.253 e. The lowest BCUT2D eigenvalue weighted by Gasteiger charge is -2.17. The normalized spacial score (nSPS) is 10.3. The first-order valence-electron chi connectivity index (χ1n) is 6.90. The van der Waals surface area contributed by atoms with Gasteiger partial charge in [-0.2, -0.15) is 0 Å². The zero-order valence-electron chi connectivity index (χ0n) is 12.6. The highest BCUT2D eigenvalue weighted by molar-refractivity contribution is 6.00. The predicted octanol–water partition coefficient (Wildman–Crippen LogP) is 1.88. The Morgan fingerprint density at radius 1 is 1.30 bits per heavy atom. The van der Waals surface area contributed by atoms with Gasteiger partial charge in [-0.15, -0.1) is 0 Å². The van der Waals surface area contributed by atoms with Gasteiger partial charge in [-0.25, -0.2) is 0 Å². The number of rotatable bonds is 8. The lowest BCUT2D eigenvalue weighted by molar-refractivity contribution is 0.0953. The van der Waals surface area contributed by atoms with Crippen molar-refractivity contribution < 1.29 is 9.53 Å². The van der Waals surface area contributed by atoms with Crippen LogP contribution in [-0.2, 0) is 4.74 Å². The van der Waals surface area contributed by atoms with Crippen molar-refractivity contribution in [3.05, 3.63) is 23.8 Å². The summed E-state index contributed by atoms with van der Waals surface area (Å²) in [5.41, 5.74) is 7.85. The summed E-state index contributed by atoms with van der Waals surface area (Å²) in [5, 5.41) is 2.94. The number of anilines is 2. The molecule has 0 heterocycles. The molecule has 0 radical (unpaired) electrons. The molecule has 0 saturated heterocycles. The van der Waals surface area contributed by atoms with Gasteiger partial charge in [0.2, 0.25) is 0 Å². The number of nitrogen functional groups attached to an aromatic ring is 1. The SMILES string of the molecule is COCCCCCNC(=O)c1cc(N)ccc1N(C)C. The monoisotopic (exact) mass is 279 g/mol. The van der Waals surface area contributed by atoms with E-state index in [0.29, 0.717) is 17.8 Å². The molecule has 1 aromatic carbocycles. The molecule has 0 aliphatic carbocycles. The second-order valence-electron chi connectivity index (χ2n) is 4.98. The molecular weight excluding hydrogens is 254 g/mol. The van der Waals surface area contributed by atoms with E-state index in [1.165, 1.54) is 0 Å². The highest BCUT2D eigenvalue weighted by Crippen LogP contribution is 2.21. The number of methoxy groups -OCH3 is 1. The van der Waals surface area contributed by atoms with E-state index in [4.69, 9.17) is 10.5 Å². The number of carbonyl (C=O) groups excluding carboxylic acids is 1. The molecule has 0 saturated carbocycles. The highest BCUT2D eigenvalue weighted by Gasteiger charge is 2.12. The number of nitrogens with two attached hydrogens (primary N) is 1. The number of hydrogen-bond acceptors (Lipinski definition) is 4. The van der Waals surface area contributed by atoms with Crippen molar-refractivity contribution in [2.45, 2.75) is 19.3 Å². The Hall–Kier alpha value is -1.75. The highest BCUT2D eigenvalue weighted by atomic mass is 16.5. The number of nitrogens with zero attached hydrogens (tertiary/aromatic N) is 1. The van der Waals surface area contributed by atoms with Crippen molar-refractivity contribution in [2.24, 2.45) is 0 Å².